The number of guanidine groups is 1. The number of ether oxygens (including phenoxy) is 1. The van der Waals surface area contributed by atoms with E-state index in [1.165, 1.54) is 0 Å². The van der Waals surface area contributed by atoms with Crippen molar-refractivity contribution in [1.82, 2.24) is 0 Å². The van der Waals surface area contributed by atoms with Crippen LogP contribution in [0.2, 0.25) is 0 Å². The highest BCUT2D eigenvalue weighted by Gasteiger charge is 2.53. The molecule has 0 saturated heterocycles. The fraction of sp³-hybridized carbons (Fsp3) is 0.462. The molecule has 3 rings (SSSR count). The number of rotatable bonds is 2. The van der Waals surface area contributed by atoms with Gasteiger partial charge in [0.2, 0.25) is 0 Å². The monoisotopic (exact) mass is 309 g/mol. The molecule has 1 aliphatic heterocycles. The Bertz CT molecular complexity index is 497. The number of hydrogen-bond donors (Lipinski definition) is 1. The lowest BCUT2D eigenvalue weighted by Crippen LogP contribution is -2.62. The molecule has 1 saturated carbocycles. The molecule has 96 valence electrons. The van der Waals surface area contributed by atoms with Crippen molar-refractivity contribution in [2.24, 2.45) is 10.7 Å². The maximum Gasteiger partial charge on any atom is 0.196 e. The van der Waals surface area contributed by atoms with E-state index in [0.29, 0.717) is 12.1 Å². The van der Waals surface area contributed by atoms with Gasteiger partial charge in [-0.1, -0.05) is 12.1 Å². The molecule has 0 unspecified atom stereocenters. The van der Waals surface area contributed by atoms with Crippen LogP contribution in [0.25, 0.3) is 0 Å². The van der Waals surface area contributed by atoms with Crippen LogP contribution in [0.4, 0.5) is 5.69 Å². The van der Waals surface area contributed by atoms with Crippen LogP contribution in [-0.2, 0) is 4.74 Å². The number of halogens is 1. The topological polar surface area (TPSA) is 50.9 Å². The first kappa shape index (κ1) is 12.0. The Balaban J connectivity index is 1.94. The van der Waals surface area contributed by atoms with Gasteiger partial charge in [0, 0.05) is 11.6 Å². The van der Waals surface area contributed by atoms with Crippen molar-refractivity contribution < 1.29 is 4.74 Å². The highest BCUT2D eigenvalue weighted by molar-refractivity contribution is 9.10. The van der Waals surface area contributed by atoms with E-state index in [1.807, 2.05) is 18.2 Å². The van der Waals surface area contributed by atoms with Gasteiger partial charge in [-0.25, -0.2) is 0 Å². The van der Waals surface area contributed by atoms with Crippen LogP contribution < -0.4 is 10.6 Å². The number of nitrogens with zero attached hydrogens (tertiary/aromatic N) is 2. The van der Waals surface area contributed by atoms with Gasteiger partial charge in [-0.05, 0) is 40.9 Å². The second kappa shape index (κ2) is 4.24. The van der Waals surface area contributed by atoms with Gasteiger partial charge in [0.1, 0.15) is 0 Å². The number of nitrogens with two attached hydrogens (primary N) is 1. The molecular formula is C13H16BrN3O. The number of para-hydroxylation sites is 1. The zero-order valence-electron chi connectivity index (χ0n) is 10.3. The fourth-order valence-electron chi connectivity index (χ4n) is 2.89. The Kier molecular flexibility index (Phi) is 2.83. The van der Waals surface area contributed by atoms with Gasteiger partial charge >= 0.3 is 0 Å². The molecule has 5 heteroatoms. The largest absolute Gasteiger partial charge is 0.381 e. The van der Waals surface area contributed by atoms with E-state index in [0.717, 1.165) is 29.5 Å². The summed E-state index contributed by atoms with van der Waals surface area (Å²) >= 11 is 3.59. The number of aliphatic imine (C=N–C) groups is 1. The molecule has 1 fully saturated rings. The van der Waals surface area contributed by atoms with Crippen molar-refractivity contribution in [1.29, 1.82) is 0 Å². The van der Waals surface area contributed by atoms with Gasteiger partial charge in [0.05, 0.1) is 23.9 Å². The predicted octanol–water partition coefficient (Wildman–Crippen LogP) is 2.13. The fourth-order valence-corrected chi connectivity index (χ4v) is 3.35. The third-order valence-corrected chi connectivity index (χ3v) is 4.55. The number of benzene rings is 1. The summed E-state index contributed by atoms with van der Waals surface area (Å²) in [6, 6.07) is 8.12. The third-order valence-electron chi connectivity index (χ3n) is 3.88. The van der Waals surface area contributed by atoms with E-state index in [1.54, 1.807) is 7.11 Å². The van der Waals surface area contributed by atoms with Crippen LogP contribution in [0.1, 0.15) is 12.8 Å². The molecule has 0 radical (unpaired) electrons. The molecule has 0 atom stereocenters. The first-order chi connectivity index (χ1) is 8.66. The van der Waals surface area contributed by atoms with Crippen LogP contribution >= 0.6 is 15.9 Å². The molecule has 2 aliphatic rings. The minimum Gasteiger partial charge on any atom is -0.381 e. The van der Waals surface area contributed by atoms with E-state index < -0.39 is 0 Å². The Morgan fingerprint density at radius 1 is 1.44 bits per heavy atom. The predicted molar refractivity (Wildman–Crippen MR) is 75.9 cm³/mol. The maximum absolute atomic E-state index is 6.07. The standard InChI is InChI=1S/C13H16BrN3O/c1-18-9-6-13(7-9)8-16-12(15)17(13)11-5-3-2-4-10(11)14/h2-5,9H,6-8H2,1H3,(H2,15,16). The highest BCUT2D eigenvalue weighted by Crippen LogP contribution is 2.46. The van der Waals surface area contributed by atoms with Crippen molar-refractivity contribution in [3.63, 3.8) is 0 Å². The van der Waals surface area contributed by atoms with Gasteiger partial charge in [-0.2, -0.15) is 0 Å². The second-order valence-electron chi connectivity index (χ2n) is 4.95. The van der Waals surface area contributed by atoms with Crippen molar-refractivity contribution in [3.8, 4) is 0 Å². The minimum absolute atomic E-state index is 0.0225. The van der Waals surface area contributed by atoms with Crippen LogP contribution in [-0.4, -0.2) is 31.3 Å². The van der Waals surface area contributed by atoms with Crippen molar-refractivity contribution >= 4 is 27.6 Å². The van der Waals surface area contributed by atoms with Crippen LogP contribution in [0.15, 0.2) is 33.7 Å². The summed E-state index contributed by atoms with van der Waals surface area (Å²) in [6.07, 6.45) is 2.29. The summed E-state index contributed by atoms with van der Waals surface area (Å²) < 4.78 is 6.44. The molecule has 1 spiro atoms. The third kappa shape index (κ3) is 1.65. The summed E-state index contributed by atoms with van der Waals surface area (Å²) in [5.74, 6) is 0.608. The zero-order chi connectivity index (χ0) is 12.8. The summed E-state index contributed by atoms with van der Waals surface area (Å²) in [4.78, 5) is 6.58. The normalized spacial score (nSPS) is 30.4. The lowest BCUT2D eigenvalue weighted by atomic mass is 9.73. The van der Waals surface area contributed by atoms with Crippen molar-refractivity contribution in [3.05, 3.63) is 28.7 Å². The molecule has 0 bridgehead atoms. The van der Waals surface area contributed by atoms with E-state index in [4.69, 9.17) is 10.5 Å². The Morgan fingerprint density at radius 2 is 2.17 bits per heavy atom. The van der Waals surface area contributed by atoms with Gasteiger partial charge in [0.25, 0.3) is 0 Å². The molecule has 1 aromatic rings. The summed E-state index contributed by atoms with van der Waals surface area (Å²) in [7, 11) is 1.76. The van der Waals surface area contributed by atoms with E-state index in [9.17, 15) is 0 Å². The van der Waals surface area contributed by atoms with E-state index in [2.05, 4.69) is 31.9 Å². The molecule has 1 heterocycles. The van der Waals surface area contributed by atoms with Crippen LogP contribution in [0, 0.1) is 0 Å². The molecule has 4 nitrogen and oxygen atoms in total. The van der Waals surface area contributed by atoms with E-state index >= 15 is 0 Å². The molecule has 1 aliphatic carbocycles. The first-order valence-corrected chi connectivity index (χ1v) is 6.83. The Morgan fingerprint density at radius 3 is 2.83 bits per heavy atom. The van der Waals surface area contributed by atoms with Gasteiger partial charge in [-0.3, -0.25) is 4.99 Å². The van der Waals surface area contributed by atoms with Gasteiger partial charge in [0.15, 0.2) is 5.96 Å². The minimum atomic E-state index is 0.0225. The number of methoxy groups -OCH3 is 1. The molecule has 0 aromatic heterocycles. The van der Waals surface area contributed by atoms with Crippen molar-refractivity contribution in [2.45, 2.75) is 24.5 Å². The van der Waals surface area contributed by atoms with Crippen LogP contribution in [0.5, 0.6) is 0 Å². The number of anilines is 1. The Hall–Kier alpha value is -1.07. The second-order valence-corrected chi connectivity index (χ2v) is 5.81. The van der Waals surface area contributed by atoms with Gasteiger partial charge < -0.3 is 15.4 Å². The molecule has 2 N–H and O–H groups in total. The summed E-state index contributed by atoms with van der Waals surface area (Å²) in [5, 5.41) is 0. The number of hydrogen-bond acceptors (Lipinski definition) is 4. The Labute approximate surface area is 115 Å². The van der Waals surface area contributed by atoms with E-state index in [-0.39, 0.29) is 5.54 Å². The quantitative estimate of drug-likeness (QED) is 0.910. The maximum atomic E-state index is 6.07. The summed E-state index contributed by atoms with van der Waals surface area (Å²) in [5.41, 5.74) is 7.18. The SMILES string of the molecule is COC1CC2(CN=C(N)N2c2ccccc2Br)C1. The molecule has 0 amide bonds. The molecule has 18 heavy (non-hydrogen) atoms. The lowest BCUT2D eigenvalue weighted by Gasteiger charge is -2.50. The van der Waals surface area contributed by atoms with Crippen LogP contribution in [0.3, 0.4) is 0 Å². The lowest BCUT2D eigenvalue weighted by molar-refractivity contribution is -0.00655. The van der Waals surface area contributed by atoms with Crippen molar-refractivity contribution in [2.75, 3.05) is 18.6 Å². The smallest absolute Gasteiger partial charge is 0.196 e. The van der Waals surface area contributed by atoms with Gasteiger partial charge in [-0.15, -0.1) is 0 Å². The molecule has 1 aromatic carbocycles. The first-order valence-electron chi connectivity index (χ1n) is 6.04. The highest BCUT2D eigenvalue weighted by atomic mass is 79.9. The average Bonchev–Trinajstić information content (AvgIpc) is 2.66. The average molecular weight is 310 g/mol. The molecular weight excluding hydrogens is 294 g/mol. The summed E-state index contributed by atoms with van der Waals surface area (Å²) in [6.45, 7) is 0.764. The zero-order valence-corrected chi connectivity index (χ0v) is 11.9.